The van der Waals surface area contributed by atoms with Crippen molar-refractivity contribution in [1.82, 2.24) is 5.43 Å². The third-order valence-electron chi connectivity index (χ3n) is 5.30. The van der Waals surface area contributed by atoms with E-state index in [1.165, 1.54) is 0 Å². The summed E-state index contributed by atoms with van der Waals surface area (Å²) in [6.45, 7) is 1.84. The summed E-state index contributed by atoms with van der Waals surface area (Å²) < 4.78 is 11.8. The van der Waals surface area contributed by atoms with Crippen molar-refractivity contribution in [2.24, 2.45) is 5.10 Å². The number of ether oxygens (including phenoxy) is 1. The third kappa shape index (κ3) is 4.45. The van der Waals surface area contributed by atoms with Gasteiger partial charge in [0.15, 0.2) is 5.76 Å². The van der Waals surface area contributed by atoms with E-state index in [-0.39, 0.29) is 17.6 Å². The zero-order chi connectivity index (χ0) is 22.7. The summed E-state index contributed by atoms with van der Waals surface area (Å²) in [4.78, 5) is 25.4. The molecule has 1 aliphatic carbocycles. The Hall–Kier alpha value is -3.39. The number of hydrogen-bond donors (Lipinski definition) is 2. The van der Waals surface area contributed by atoms with Gasteiger partial charge < -0.3 is 14.5 Å². The van der Waals surface area contributed by atoms with Crippen LogP contribution in [0.15, 0.2) is 62.5 Å². The van der Waals surface area contributed by atoms with Gasteiger partial charge in [0, 0.05) is 27.6 Å². The molecule has 0 bridgehead atoms. The molecule has 7 nitrogen and oxygen atoms in total. The summed E-state index contributed by atoms with van der Waals surface area (Å²) in [6, 6.07) is 14.2. The zero-order valence-corrected chi connectivity index (χ0v) is 19.3. The molecule has 3 aromatic rings. The topological polar surface area (TPSA) is 92.9 Å². The van der Waals surface area contributed by atoms with Gasteiger partial charge in [-0.25, -0.2) is 5.43 Å². The molecule has 0 saturated carbocycles. The molecule has 4 rings (SSSR count). The van der Waals surface area contributed by atoms with Crippen LogP contribution in [0.4, 0.5) is 5.69 Å². The number of amides is 2. The van der Waals surface area contributed by atoms with Crippen molar-refractivity contribution in [3.05, 3.63) is 81.2 Å². The number of benzene rings is 2. The van der Waals surface area contributed by atoms with E-state index in [1.807, 2.05) is 31.2 Å². The molecule has 1 heterocycles. The van der Waals surface area contributed by atoms with E-state index in [9.17, 15) is 9.59 Å². The van der Waals surface area contributed by atoms with Crippen molar-refractivity contribution in [2.45, 2.75) is 26.2 Å². The van der Waals surface area contributed by atoms with Crippen LogP contribution in [0.3, 0.4) is 0 Å². The maximum absolute atomic E-state index is 12.9. The first-order valence-corrected chi connectivity index (χ1v) is 11.0. The summed E-state index contributed by atoms with van der Waals surface area (Å²) in [7, 11) is 1.57. The molecular formula is C24H22BrN3O4. The SMILES string of the molecule is COc1ccc(C(=O)N/N=C2\CCCc3oc(C(=O)Nc4ccccc4Br)c(C)c32)cc1. The molecule has 8 heteroatoms. The zero-order valence-electron chi connectivity index (χ0n) is 17.7. The Bertz CT molecular complexity index is 1200. The van der Waals surface area contributed by atoms with Crippen molar-refractivity contribution in [3.8, 4) is 5.75 Å². The normalized spacial score (nSPS) is 14.0. The molecule has 0 spiro atoms. The number of methoxy groups -OCH3 is 1. The number of aryl methyl sites for hydroxylation is 1. The summed E-state index contributed by atoms with van der Waals surface area (Å²) in [6.07, 6.45) is 2.22. The molecule has 0 atom stereocenters. The van der Waals surface area contributed by atoms with Gasteiger partial charge in [-0.2, -0.15) is 5.10 Å². The molecule has 32 heavy (non-hydrogen) atoms. The predicted molar refractivity (Wildman–Crippen MR) is 125 cm³/mol. The number of nitrogens with zero attached hydrogens (tertiary/aromatic N) is 1. The third-order valence-corrected chi connectivity index (χ3v) is 5.99. The van der Waals surface area contributed by atoms with Gasteiger partial charge in [0.05, 0.1) is 18.5 Å². The molecule has 2 aromatic carbocycles. The summed E-state index contributed by atoms with van der Waals surface area (Å²) in [5.41, 5.74) is 5.96. The fourth-order valence-electron chi connectivity index (χ4n) is 3.66. The Morgan fingerprint density at radius 1 is 1.06 bits per heavy atom. The van der Waals surface area contributed by atoms with Crippen molar-refractivity contribution >= 4 is 39.1 Å². The molecule has 1 aliphatic rings. The van der Waals surface area contributed by atoms with Crippen LogP contribution in [0.25, 0.3) is 0 Å². The molecule has 2 amide bonds. The number of rotatable bonds is 5. The minimum Gasteiger partial charge on any atom is -0.497 e. The highest BCUT2D eigenvalue weighted by Gasteiger charge is 2.28. The summed E-state index contributed by atoms with van der Waals surface area (Å²) >= 11 is 3.43. The van der Waals surface area contributed by atoms with Crippen LogP contribution in [-0.4, -0.2) is 24.6 Å². The molecule has 0 saturated heterocycles. The van der Waals surface area contributed by atoms with Gasteiger partial charge in [-0.3, -0.25) is 9.59 Å². The Morgan fingerprint density at radius 2 is 1.81 bits per heavy atom. The van der Waals surface area contributed by atoms with Gasteiger partial charge in [-0.15, -0.1) is 0 Å². The highest BCUT2D eigenvalue weighted by atomic mass is 79.9. The number of furan rings is 1. The monoisotopic (exact) mass is 495 g/mol. The van der Waals surface area contributed by atoms with Gasteiger partial charge in [-0.1, -0.05) is 12.1 Å². The minimum atomic E-state index is -0.328. The van der Waals surface area contributed by atoms with Crippen molar-refractivity contribution in [1.29, 1.82) is 0 Å². The molecule has 0 radical (unpaired) electrons. The molecule has 2 N–H and O–H groups in total. The van der Waals surface area contributed by atoms with E-state index in [2.05, 4.69) is 31.8 Å². The van der Waals surface area contributed by atoms with E-state index in [0.717, 1.165) is 16.5 Å². The standard InChI is InChI=1S/C24H22BrN3O4/c1-14-21-19(27-28-23(29)15-10-12-16(31-2)13-11-15)8-5-9-20(21)32-22(14)24(30)26-18-7-4-3-6-17(18)25/h3-4,6-7,10-13H,5,8-9H2,1-2H3,(H,26,30)(H,28,29)/b27-19+. The largest absolute Gasteiger partial charge is 0.497 e. The number of para-hydroxylation sites is 1. The Balaban J connectivity index is 1.55. The molecule has 164 valence electrons. The van der Waals surface area contributed by atoms with E-state index in [1.54, 1.807) is 31.4 Å². The van der Waals surface area contributed by atoms with E-state index in [0.29, 0.717) is 46.9 Å². The van der Waals surface area contributed by atoms with Gasteiger partial charge in [0.1, 0.15) is 11.5 Å². The number of hydrogen-bond acceptors (Lipinski definition) is 5. The summed E-state index contributed by atoms with van der Waals surface area (Å²) in [5.74, 6) is 0.989. The molecule has 0 fully saturated rings. The first-order valence-electron chi connectivity index (χ1n) is 10.2. The molecule has 0 aliphatic heterocycles. The lowest BCUT2D eigenvalue weighted by Gasteiger charge is -2.13. The van der Waals surface area contributed by atoms with Crippen LogP contribution >= 0.6 is 15.9 Å². The fourth-order valence-corrected chi connectivity index (χ4v) is 4.05. The number of carbonyl (C=O) groups excluding carboxylic acids is 2. The Kier molecular flexibility index (Phi) is 6.41. The maximum atomic E-state index is 12.9. The summed E-state index contributed by atoms with van der Waals surface area (Å²) in [5, 5.41) is 7.23. The lowest BCUT2D eigenvalue weighted by Crippen LogP contribution is -2.22. The molecule has 0 unspecified atom stereocenters. The lowest BCUT2D eigenvalue weighted by molar-refractivity contribution is 0.0953. The van der Waals surface area contributed by atoms with Crippen molar-refractivity contribution in [3.63, 3.8) is 0 Å². The molecular weight excluding hydrogens is 474 g/mol. The first kappa shape index (κ1) is 21.8. The van der Waals surface area contributed by atoms with Crippen LogP contribution in [0.2, 0.25) is 0 Å². The predicted octanol–water partition coefficient (Wildman–Crippen LogP) is 5.08. The van der Waals surface area contributed by atoms with Crippen LogP contribution in [0, 0.1) is 6.92 Å². The average molecular weight is 496 g/mol. The van der Waals surface area contributed by atoms with Crippen LogP contribution in [0.1, 0.15) is 50.6 Å². The quantitative estimate of drug-likeness (QED) is 0.482. The highest BCUT2D eigenvalue weighted by Crippen LogP contribution is 2.31. The van der Waals surface area contributed by atoms with E-state index in [4.69, 9.17) is 9.15 Å². The van der Waals surface area contributed by atoms with Crippen molar-refractivity contribution < 1.29 is 18.7 Å². The van der Waals surface area contributed by atoms with Crippen LogP contribution in [0.5, 0.6) is 5.75 Å². The number of hydrazone groups is 1. The van der Waals surface area contributed by atoms with Gasteiger partial charge in [0.25, 0.3) is 11.8 Å². The van der Waals surface area contributed by atoms with Gasteiger partial charge in [0.2, 0.25) is 0 Å². The number of carbonyl (C=O) groups is 2. The van der Waals surface area contributed by atoms with E-state index >= 15 is 0 Å². The lowest BCUT2D eigenvalue weighted by atomic mass is 9.93. The number of fused-ring (bicyclic) bond motifs is 1. The second-order valence-corrected chi connectivity index (χ2v) is 8.22. The Labute approximate surface area is 194 Å². The number of halogens is 1. The van der Waals surface area contributed by atoms with Crippen LogP contribution in [-0.2, 0) is 6.42 Å². The average Bonchev–Trinajstić information content (AvgIpc) is 3.16. The second kappa shape index (κ2) is 9.40. The van der Waals surface area contributed by atoms with E-state index < -0.39 is 0 Å². The second-order valence-electron chi connectivity index (χ2n) is 7.37. The maximum Gasteiger partial charge on any atom is 0.291 e. The van der Waals surface area contributed by atoms with Gasteiger partial charge >= 0.3 is 0 Å². The smallest absolute Gasteiger partial charge is 0.291 e. The van der Waals surface area contributed by atoms with Crippen molar-refractivity contribution in [2.75, 3.05) is 12.4 Å². The van der Waals surface area contributed by atoms with Crippen LogP contribution < -0.4 is 15.5 Å². The Morgan fingerprint density at radius 3 is 2.53 bits per heavy atom. The first-order chi connectivity index (χ1) is 15.5. The minimum absolute atomic E-state index is 0.252. The fraction of sp³-hybridized carbons (Fsp3) is 0.208. The van der Waals surface area contributed by atoms with Gasteiger partial charge in [-0.05, 0) is 72.1 Å². The molecule has 1 aromatic heterocycles. The highest BCUT2D eigenvalue weighted by molar-refractivity contribution is 9.10. The number of nitrogens with one attached hydrogen (secondary N) is 2. The number of anilines is 1.